The van der Waals surface area contributed by atoms with E-state index in [2.05, 4.69) is 37.9 Å². The van der Waals surface area contributed by atoms with Crippen LogP contribution in [0.2, 0.25) is 0 Å². The highest BCUT2D eigenvalue weighted by molar-refractivity contribution is 6.76. The molecule has 6 atom stereocenters. The van der Waals surface area contributed by atoms with Gasteiger partial charge in [-0.1, -0.05) is 98.9 Å². The van der Waals surface area contributed by atoms with E-state index in [1.165, 1.54) is 19.3 Å². The molecule has 1 amide bonds. The number of carbonyl (C=O) groups is 1. The van der Waals surface area contributed by atoms with Crippen LogP contribution in [-0.4, -0.2) is 44.9 Å². The van der Waals surface area contributed by atoms with Gasteiger partial charge in [-0.05, 0) is 53.4 Å². The lowest BCUT2D eigenvalue weighted by Crippen LogP contribution is -2.46. The van der Waals surface area contributed by atoms with Crippen molar-refractivity contribution in [2.75, 3.05) is 18.4 Å². The van der Waals surface area contributed by atoms with Gasteiger partial charge in [0.15, 0.2) is 6.29 Å². The van der Waals surface area contributed by atoms with Crippen molar-refractivity contribution >= 4 is 46.4 Å². The van der Waals surface area contributed by atoms with Gasteiger partial charge >= 0.3 is 0 Å². The van der Waals surface area contributed by atoms with Gasteiger partial charge in [0.05, 0.1) is 18.8 Å². The monoisotopic (exact) mass is 608 g/mol. The maximum atomic E-state index is 12.1. The Balaban J connectivity index is 1.38. The molecule has 0 aromatic heterocycles. The maximum absolute atomic E-state index is 12.1. The van der Waals surface area contributed by atoms with Crippen LogP contribution in [0.1, 0.15) is 76.0 Å². The van der Waals surface area contributed by atoms with Crippen molar-refractivity contribution in [2.24, 2.45) is 16.7 Å². The molecule has 6 nitrogen and oxygen atoms in total. The maximum Gasteiger partial charge on any atom is 0.276 e. The molecule has 218 valence electrons. The van der Waals surface area contributed by atoms with Gasteiger partial charge in [-0.15, -0.1) is 0 Å². The summed E-state index contributed by atoms with van der Waals surface area (Å²) in [7, 11) is 0. The fraction of sp³-hybridized carbons (Fsp3) is 0.581. The van der Waals surface area contributed by atoms with E-state index in [4.69, 9.17) is 44.3 Å². The van der Waals surface area contributed by atoms with Crippen LogP contribution in [0.3, 0.4) is 0 Å². The first-order valence-electron chi connectivity index (χ1n) is 14.0. The van der Waals surface area contributed by atoms with Crippen LogP contribution >= 0.6 is 34.8 Å². The molecule has 0 spiro atoms. The van der Waals surface area contributed by atoms with E-state index >= 15 is 0 Å². The normalized spacial score (nSPS) is 32.1. The third kappa shape index (κ3) is 6.64. The molecular weight excluding hydrogens is 571 g/mol. The highest BCUT2D eigenvalue weighted by atomic mass is 35.6. The summed E-state index contributed by atoms with van der Waals surface area (Å²) >= 11 is 17.1. The molecule has 0 radical (unpaired) electrons. The van der Waals surface area contributed by atoms with Gasteiger partial charge in [0.25, 0.3) is 9.70 Å². The van der Waals surface area contributed by atoms with Crippen LogP contribution < -0.4 is 5.32 Å². The van der Waals surface area contributed by atoms with Crippen LogP contribution in [-0.2, 0) is 20.9 Å². The van der Waals surface area contributed by atoms with E-state index in [-0.39, 0.29) is 24.7 Å². The van der Waals surface area contributed by atoms with Gasteiger partial charge in [-0.3, -0.25) is 9.69 Å². The third-order valence-electron chi connectivity index (χ3n) is 8.76. The minimum absolute atomic E-state index is 0.00233. The number of halogens is 3. The molecule has 2 unspecified atom stereocenters. The minimum atomic E-state index is -2.05. The molecule has 9 heteroatoms. The number of anilines is 1. The van der Waals surface area contributed by atoms with Crippen LogP contribution in [0.4, 0.5) is 5.69 Å². The zero-order chi connectivity index (χ0) is 28.9. The van der Waals surface area contributed by atoms with Crippen LogP contribution in [0.15, 0.2) is 48.5 Å². The van der Waals surface area contributed by atoms with Crippen molar-refractivity contribution in [3.05, 3.63) is 65.2 Å². The minimum Gasteiger partial charge on any atom is -0.392 e. The number of fused-ring (bicyclic) bond motifs is 2. The number of nitrogens with one attached hydrogen (secondary N) is 1. The molecule has 2 bridgehead atoms. The van der Waals surface area contributed by atoms with Crippen molar-refractivity contribution in [3.8, 4) is 0 Å². The number of benzene rings is 2. The van der Waals surface area contributed by atoms with E-state index in [0.29, 0.717) is 22.6 Å². The fourth-order valence-corrected chi connectivity index (χ4v) is 7.42. The average Bonchev–Trinajstić information content (AvgIpc) is 3.12. The zero-order valence-corrected chi connectivity index (χ0v) is 25.8. The van der Waals surface area contributed by atoms with Crippen LogP contribution in [0.5, 0.6) is 0 Å². The Morgan fingerprint density at radius 3 is 2.30 bits per heavy atom. The molecular formula is C31H39Cl3N2O4. The van der Waals surface area contributed by atoms with Gasteiger partial charge in [-0.2, -0.15) is 0 Å². The van der Waals surface area contributed by atoms with E-state index < -0.39 is 16.0 Å². The molecule has 3 fully saturated rings. The number of alkyl halides is 3. The Kier molecular flexibility index (Phi) is 8.55. The third-order valence-corrected chi connectivity index (χ3v) is 9.27. The summed E-state index contributed by atoms with van der Waals surface area (Å²) in [6, 6.07) is 15.8. The first-order chi connectivity index (χ1) is 18.7. The lowest BCUT2D eigenvalue weighted by molar-refractivity contribution is -0.276. The second-order valence-electron chi connectivity index (χ2n) is 13.0. The number of aliphatic hydroxyl groups excluding tert-OH is 1. The van der Waals surface area contributed by atoms with Crippen molar-refractivity contribution < 1.29 is 19.4 Å². The number of hydrogen-bond acceptors (Lipinski definition) is 5. The largest absolute Gasteiger partial charge is 0.392 e. The van der Waals surface area contributed by atoms with Gasteiger partial charge in [0, 0.05) is 36.3 Å². The first kappa shape index (κ1) is 30.1. The number of rotatable bonds is 6. The number of ether oxygens (including phenoxy) is 2. The second-order valence-corrected chi connectivity index (χ2v) is 15.3. The Morgan fingerprint density at radius 1 is 1.02 bits per heavy atom. The molecule has 5 rings (SSSR count). The average molecular weight is 610 g/mol. The van der Waals surface area contributed by atoms with E-state index in [1.54, 1.807) is 12.1 Å². The first-order valence-corrected chi connectivity index (χ1v) is 15.1. The molecule has 2 heterocycles. The zero-order valence-electron chi connectivity index (χ0n) is 23.5. The number of nitrogens with zero attached hydrogens (tertiary/aromatic N) is 1. The Morgan fingerprint density at radius 2 is 1.68 bits per heavy atom. The topological polar surface area (TPSA) is 71.0 Å². The molecule has 2 aromatic carbocycles. The Hall–Kier alpha value is -1.38. The summed E-state index contributed by atoms with van der Waals surface area (Å²) in [5.41, 5.74) is 3.96. The molecule has 2 saturated heterocycles. The van der Waals surface area contributed by atoms with Gasteiger partial charge in [0.2, 0.25) is 0 Å². The molecule has 1 saturated carbocycles. The van der Waals surface area contributed by atoms with Gasteiger partial charge in [-0.25, -0.2) is 0 Å². The standard InChI is InChI=1S/C31H39Cl3N2O4/c1-19-25(15-36-18-30(4)14-24(36)13-29(2,3)17-30)39-27(40-26(19)21-7-5-20(16-37)6-8-21)22-9-11-23(12-10-22)35-28(38)31(32,33)34/h5-12,19,24-27,37H,13-18H2,1-4H3,(H,35,38)/t19-,24?,25+,26+,27+,30?/m0/s1. The SMILES string of the molecule is C[C@H]1[C@@H](CN2CC3(C)CC2CC(C)(C)C3)O[C@@H](c2ccc(NC(=O)C(Cl)(Cl)Cl)cc2)O[C@H]1c1ccc(CO)cc1. The lowest BCUT2D eigenvalue weighted by atomic mass is 9.65. The van der Waals surface area contributed by atoms with E-state index in [1.807, 2.05) is 36.4 Å². The summed E-state index contributed by atoms with van der Waals surface area (Å²) in [5, 5.41) is 12.1. The van der Waals surface area contributed by atoms with Crippen LogP contribution in [0.25, 0.3) is 0 Å². The Bertz CT molecular complexity index is 1200. The number of amides is 1. The van der Waals surface area contributed by atoms with E-state index in [9.17, 15) is 9.90 Å². The molecule has 2 aromatic rings. The summed E-state index contributed by atoms with van der Waals surface area (Å²) < 4.78 is 11.3. The van der Waals surface area contributed by atoms with Crippen molar-refractivity contribution in [1.82, 2.24) is 4.90 Å². The van der Waals surface area contributed by atoms with Gasteiger partial charge in [0.1, 0.15) is 0 Å². The molecule has 1 aliphatic carbocycles. The molecule has 2 N–H and O–H groups in total. The summed E-state index contributed by atoms with van der Waals surface area (Å²) in [6.45, 7) is 11.4. The predicted octanol–water partition coefficient (Wildman–Crippen LogP) is 7.18. The van der Waals surface area contributed by atoms with Gasteiger partial charge < -0.3 is 19.9 Å². The highest BCUT2D eigenvalue weighted by Gasteiger charge is 2.51. The highest BCUT2D eigenvalue weighted by Crippen LogP contribution is 2.53. The summed E-state index contributed by atoms with van der Waals surface area (Å²) in [5.74, 6) is -0.608. The van der Waals surface area contributed by atoms with Crippen LogP contribution in [0, 0.1) is 16.7 Å². The molecule has 3 aliphatic rings. The van der Waals surface area contributed by atoms with Crippen molar-refractivity contribution in [2.45, 2.75) is 81.9 Å². The number of hydrogen-bond donors (Lipinski definition) is 2. The van der Waals surface area contributed by atoms with Crippen molar-refractivity contribution in [3.63, 3.8) is 0 Å². The number of carbonyl (C=O) groups excluding carboxylic acids is 1. The van der Waals surface area contributed by atoms with E-state index in [0.717, 1.165) is 29.8 Å². The smallest absolute Gasteiger partial charge is 0.276 e. The number of aliphatic hydroxyl groups is 1. The number of likely N-dealkylation sites (tertiary alicyclic amines) is 1. The summed E-state index contributed by atoms with van der Waals surface area (Å²) in [6.07, 6.45) is 2.88. The predicted molar refractivity (Wildman–Crippen MR) is 159 cm³/mol. The Labute approximate surface area is 252 Å². The molecule has 40 heavy (non-hydrogen) atoms. The quantitative estimate of drug-likeness (QED) is 0.340. The fourth-order valence-electron chi connectivity index (χ4n) is 7.27. The second kappa shape index (κ2) is 11.4. The lowest BCUT2D eigenvalue weighted by Gasteiger charge is -2.43. The summed E-state index contributed by atoms with van der Waals surface area (Å²) in [4.78, 5) is 14.7. The van der Waals surface area contributed by atoms with Crippen molar-refractivity contribution in [1.29, 1.82) is 0 Å². The molecule has 2 aliphatic heterocycles.